The van der Waals surface area contributed by atoms with Gasteiger partial charge in [-0.25, -0.2) is 0 Å². The third-order valence-corrected chi connectivity index (χ3v) is 8.38. The van der Waals surface area contributed by atoms with Crippen molar-refractivity contribution in [2.75, 3.05) is 17.2 Å². The van der Waals surface area contributed by atoms with Crippen molar-refractivity contribution in [3.63, 3.8) is 0 Å². The largest absolute Gasteiger partial charge is 0.393 e. The number of nitrogens with one attached hydrogen (secondary N) is 2. The fraction of sp³-hybridized carbons (Fsp3) is 0.500. The molecule has 0 amide bonds. The Labute approximate surface area is 211 Å². The van der Waals surface area contributed by atoms with E-state index in [4.69, 9.17) is 0 Å². The Balaban J connectivity index is 1.73. The standard InChI is InChI=1S/C24H29BrN4O6/c25-20-15-19(29(34)35)9-10-21(20)27-23(13-3-4-14-23)24(31,16-30)22(11-1-2-12-22)26-17-5-7-18(8-6-17)28(32)33/h5-10,15,26-27,30-31H,1-4,11-14,16H2. The number of benzene rings is 2. The van der Waals surface area contributed by atoms with Crippen molar-refractivity contribution in [2.24, 2.45) is 0 Å². The van der Waals surface area contributed by atoms with Crippen LogP contribution in [0.2, 0.25) is 0 Å². The average Bonchev–Trinajstić information content (AvgIpc) is 3.51. The highest BCUT2D eigenvalue weighted by atomic mass is 79.9. The molecule has 35 heavy (non-hydrogen) atoms. The minimum Gasteiger partial charge on any atom is -0.393 e. The van der Waals surface area contributed by atoms with Crippen LogP contribution in [0.5, 0.6) is 0 Å². The van der Waals surface area contributed by atoms with Gasteiger partial charge in [0.25, 0.3) is 11.4 Å². The molecule has 2 aromatic carbocycles. The lowest BCUT2D eigenvalue weighted by atomic mass is 9.64. The Kier molecular flexibility index (Phi) is 7.03. The second-order valence-corrected chi connectivity index (χ2v) is 10.4. The summed E-state index contributed by atoms with van der Waals surface area (Å²) in [5, 5.41) is 52.4. The molecule has 0 saturated heterocycles. The fourth-order valence-corrected chi connectivity index (χ4v) is 6.39. The summed E-state index contributed by atoms with van der Waals surface area (Å²) in [6, 6.07) is 10.5. The van der Waals surface area contributed by atoms with E-state index in [0.717, 1.165) is 25.7 Å². The molecule has 2 fully saturated rings. The van der Waals surface area contributed by atoms with Gasteiger partial charge in [-0.15, -0.1) is 0 Å². The van der Waals surface area contributed by atoms with Crippen LogP contribution in [0.25, 0.3) is 0 Å². The van der Waals surface area contributed by atoms with Gasteiger partial charge in [0.05, 0.1) is 27.5 Å². The molecule has 4 rings (SSSR count). The molecule has 0 aromatic heterocycles. The Morgan fingerprint density at radius 1 is 0.857 bits per heavy atom. The molecule has 4 N–H and O–H groups in total. The fourth-order valence-electron chi connectivity index (χ4n) is 5.92. The quantitative estimate of drug-likeness (QED) is 0.248. The van der Waals surface area contributed by atoms with Crippen molar-refractivity contribution in [3.8, 4) is 0 Å². The normalized spacial score (nSPS) is 20.2. The predicted octanol–water partition coefficient (Wildman–Crippen LogP) is 5.14. The summed E-state index contributed by atoms with van der Waals surface area (Å²) in [4.78, 5) is 21.3. The summed E-state index contributed by atoms with van der Waals surface area (Å²) in [6.07, 6.45) is 5.88. The Morgan fingerprint density at radius 3 is 1.80 bits per heavy atom. The van der Waals surface area contributed by atoms with Crippen molar-refractivity contribution in [3.05, 3.63) is 67.2 Å². The number of hydrogen-bond donors (Lipinski definition) is 4. The molecule has 2 aromatic rings. The van der Waals surface area contributed by atoms with E-state index < -0.39 is 33.1 Å². The molecule has 1 atom stereocenters. The lowest BCUT2D eigenvalue weighted by Crippen LogP contribution is -2.73. The van der Waals surface area contributed by atoms with Gasteiger partial charge in [0, 0.05) is 40.1 Å². The monoisotopic (exact) mass is 548 g/mol. The van der Waals surface area contributed by atoms with Crippen molar-refractivity contribution in [1.29, 1.82) is 0 Å². The topological polar surface area (TPSA) is 151 Å². The molecule has 188 valence electrons. The first-order valence-corrected chi connectivity index (χ1v) is 12.5. The molecule has 0 heterocycles. The van der Waals surface area contributed by atoms with Crippen LogP contribution in [0.1, 0.15) is 51.4 Å². The number of halogens is 1. The molecular formula is C24H29BrN4O6. The summed E-state index contributed by atoms with van der Waals surface area (Å²) in [7, 11) is 0. The van der Waals surface area contributed by atoms with Crippen molar-refractivity contribution >= 4 is 38.7 Å². The zero-order chi connectivity index (χ0) is 25.3. The number of anilines is 2. The predicted molar refractivity (Wildman–Crippen MR) is 136 cm³/mol. The molecule has 0 aliphatic heterocycles. The van der Waals surface area contributed by atoms with Gasteiger partial charge in [-0.1, -0.05) is 25.7 Å². The van der Waals surface area contributed by atoms with Gasteiger partial charge in [-0.2, -0.15) is 0 Å². The van der Waals surface area contributed by atoms with E-state index in [2.05, 4.69) is 26.6 Å². The zero-order valence-electron chi connectivity index (χ0n) is 19.2. The average molecular weight is 549 g/mol. The van der Waals surface area contributed by atoms with Crippen LogP contribution in [-0.2, 0) is 0 Å². The minimum absolute atomic E-state index is 0.0228. The van der Waals surface area contributed by atoms with Gasteiger partial charge in [-0.05, 0) is 59.8 Å². The number of nitro benzene ring substituents is 2. The van der Waals surface area contributed by atoms with E-state index in [9.17, 15) is 30.4 Å². The number of non-ortho nitro benzene ring substituents is 2. The molecule has 2 aliphatic rings. The van der Waals surface area contributed by atoms with Crippen LogP contribution in [0, 0.1) is 20.2 Å². The highest BCUT2D eigenvalue weighted by Gasteiger charge is 2.63. The number of hydrogen-bond acceptors (Lipinski definition) is 8. The highest BCUT2D eigenvalue weighted by Crippen LogP contribution is 2.52. The number of nitrogens with zero attached hydrogens (tertiary/aromatic N) is 2. The van der Waals surface area contributed by atoms with E-state index in [1.807, 2.05) is 0 Å². The Morgan fingerprint density at radius 2 is 1.34 bits per heavy atom. The van der Waals surface area contributed by atoms with Gasteiger partial charge in [0.15, 0.2) is 0 Å². The number of rotatable bonds is 9. The lowest BCUT2D eigenvalue weighted by molar-refractivity contribution is -0.385. The Hall–Kier alpha value is -2.76. The van der Waals surface area contributed by atoms with Crippen molar-refractivity contribution in [2.45, 2.75) is 68.0 Å². The second kappa shape index (κ2) is 9.71. The third-order valence-electron chi connectivity index (χ3n) is 7.73. The van der Waals surface area contributed by atoms with E-state index >= 15 is 0 Å². The maximum atomic E-state index is 12.4. The van der Waals surface area contributed by atoms with Crippen LogP contribution in [0.3, 0.4) is 0 Å². The summed E-state index contributed by atoms with van der Waals surface area (Å²) in [5.74, 6) is 0. The first-order valence-electron chi connectivity index (χ1n) is 11.7. The number of aliphatic hydroxyl groups excluding tert-OH is 1. The van der Waals surface area contributed by atoms with Crippen LogP contribution in [0.4, 0.5) is 22.7 Å². The first-order chi connectivity index (χ1) is 16.7. The second-order valence-electron chi connectivity index (χ2n) is 9.57. The van der Waals surface area contributed by atoms with Gasteiger partial charge >= 0.3 is 0 Å². The smallest absolute Gasteiger partial charge is 0.270 e. The van der Waals surface area contributed by atoms with Crippen LogP contribution in [-0.4, -0.2) is 43.3 Å². The van der Waals surface area contributed by atoms with Crippen LogP contribution < -0.4 is 10.6 Å². The maximum Gasteiger partial charge on any atom is 0.270 e. The number of nitro groups is 2. The molecule has 11 heteroatoms. The Bertz CT molecular complexity index is 1100. The van der Waals surface area contributed by atoms with Crippen LogP contribution in [0.15, 0.2) is 46.9 Å². The summed E-state index contributed by atoms with van der Waals surface area (Å²) in [5.41, 5.74) is -2.18. The molecule has 10 nitrogen and oxygen atoms in total. The van der Waals surface area contributed by atoms with Gasteiger partial charge in [0.2, 0.25) is 0 Å². The van der Waals surface area contributed by atoms with E-state index in [0.29, 0.717) is 41.5 Å². The van der Waals surface area contributed by atoms with E-state index in [1.54, 1.807) is 18.2 Å². The molecule has 2 aliphatic carbocycles. The summed E-state index contributed by atoms with van der Waals surface area (Å²) >= 11 is 3.42. The number of aliphatic hydroxyl groups is 2. The SMILES string of the molecule is O=[N+]([O-])c1ccc(NC2(C(O)(CO)C3(Nc4ccc([N+](=O)[O-])cc4Br)CCCC3)CCCC2)cc1. The van der Waals surface area contributed by atoms with E-state index in [-0.39, 0.29) is 11.4 Å². The third kappa shape index (κ3) is 4.48. The maximum absolute atomic E-state index is 12.4. The van der Waals surface area contributed by atoms with Crippen LogP contribution >= 0.6 is 15.9 Å². The van der Waals surface area contributed by atoms with E-state index in [1.165, 1.54) is 24.3 Å². The zero-order valence-corrected chi connectivity index (χ0v) is 20.8. The summed E-state index contributed by atoms with van der Waals surface area (Å²) < 4.78 is 0.502. The highest BCUT2D eigenvalue weighted by molar-refractivity contribution is 9.10. The molecule has 2 saturated carbocycles. The van der Waals surface area contributed by atoms with Gasteiger partial charge in [-0.3, -0.25) is 20.2 Å². The molecule has 0 spiro atoms. The molecule has 0 radical (unpaired) electrons. The minimum atomic E-state index is -1.59. The van der Waals surface area contributed by atoms with Gasteiger partial charge < -0.3 is 20.8 Å². The molecule has 0 bridgehead atoms. The van der Waals surface area contributed by atoms with Crippen molar-refractivity contribution < 1.29 is 20.1 Å². The first kappa shape index (κ1) is 25.3. The molecule has 1 unspecified atom stereocenters. The lowest BCUT2D eigenvalue weighted by Gasteiger charge is -2.55. The summed E-state index contributed by atoms with van der Waals surface area (Å²) in [6.45, 7) is -0.495. The van der Waals surface area contributed by atoms with Gasteiger partial charge in [0.1, 0.15) is 5.60 Å². The van der Waals surface area contributed by atoms with Crippen molar-refractivity contribution in [1.82, 2.24) is 0 Å². The molecular weight excluding hydrogens is 520 g/mol.